The van der Waals surface area contributed by atoms with E-state index in [2.05, 4.69) is 27.9 Å². The van der Waals surface area contributed by atoms with Gasteiger partial charge >= 0.3 is 0 Å². The molecule has 0 heterocycles. The van der Waals surface area contributed by atoms with Gasteiger partial charge in [-0.25, -0.2) is 0 Å². The van der Waals surface area contributed by atoms with Crippen LogP contribution in [0, 0.1) is 3.57 Å². The Kier molecular flexibility index (Phi) is 5.55. The quantitative estimate of drug-likeness (QED) is 0.807. The average Bonchev–Trinajstić information content (AvgIpc) is 2.45. The lowest BCUT2D eigenvalue weighted by atomic mass is 10.1. The summed E-state index contributed by atoms with van der Waals surface area (Å²) < 4.78 is 6.16. The maximum absolute atomic E-state index is 12.0. The molecule has 0 atom stereocenters. The van der Waals surface area contributed by atoms with E-state index in [-0.39, 0.29) is 5.91 Å². The Balaban J connectivity index is 1.98. The van der Waals surface area contributed by atoms with Crippen molar-refractivity contribution in [3.63, 3.8) is 0 Å². The molecule has 0 saturated heterocycles. The number of hydrogen-bond donors (Lipinski definition) is 1. The molecule has 0 spiro atoms. The van der Waals surface area contributed by atoms with Crippen molar-refractivity contribution in [3.8, 4) is 0 Å². The van der Waals surface area contributed by atoms with Crippen molar-refractivity contribution in [2.75, 3.05) is 7.11 Å². The van der Waals surface area contributed by atoms with Gasteiger partial charge in [0, 0.05) is 22.8 Å². The summed E-state index contributed by atoms with van der Waals surface area (Å²) in [6.07, 6.45) is 0. The molecule has 104 valence electrons. The number of ether oxygens (including phenoxy) is 1. The number of nitrogens with one attached hydrogen (secondary N) is 1. The topological polar surface area (TPSA) is 38.3 Å². The number of rotatable bonds is 5. The van der Waals surface area contributed by atoms with Crippen LogP contribution >= 0.6 is 22.6 Å². The first-order valence-electron chi connectivity index (χ1n) is 6.29. The van der Waals surface area contributed by atoms with E-state index in [0.29, 0.717) is 18.7 Å². The van der Waals surface area contributed by atoms with Gasteiger partial charge in [-0.05, 0) is 51.9 Å². The lowest BCUT2D eigenvalue weighted by Gasteiger charge is -2.07. The van der Waals surface area contributed by atoms with Gasteiger partial charge in [-0.1, -0.05) is 30.3 Å². The molecule has 0 unspecified atom stereocenters. The van der Waals surface area contributed by atoms with Gasteiger partial charge in [0.2, 0.25) is 0 Å². The van der Waals surface area contributed by atoms with E-state index in [4.69, 9.17) is 4.74 Å². The monoisotopic (exact) mass is 381 g/mol. The highest BCUT2D eigenvalue weighted by atomic mass is 127. The van der Waals surface area contributed by atoms with Crippen molar-refractivity contribution in [3.05, 3.63) is 68.8 Å². The molecule has 2 aromatic rings. The van der Waals surface area contributed by atoms with Gasteiger partial charge in [0.1, 0.15) is 0 Å². The third-order valence-corrected chi connectivity index (χ3v) is 3.51. The molecule has 20 heavy (non-hydrogen) atoms. The summed E-state index contributed by atoms with van der Waals surface area (Å²) in [4.78, 5) is 12.0. The lowest BCUT2D eigenvalue weighted by molar-refractivity contribution is 0.0951. The van der Waals surface area contributed by atoms with Gasteiger partial charge in [-0.3, -0.25) is 4.79 Å². The molecule has 0 saturated carbocycles. The number of benzene rings is 2. The molecule has 1 N–H and O–H groups in total. The Morgan fingerprint density at radius 1 is 1.15 bits per heavy atom. The third-order valence-electron chi connectivity index (χ3n) is 2.84. The number of amides is 1. The van der Waals surface area contributed by atoms with E-state index in [1.54, 1.807) is 7.11 Å². The van der Waals surface area contributed by atoms with E-state index < -0.39 is 0 Å². The average molecular weight is 381 g/mol. The van der Waals surface area contributed by atoms with Crippen LogP contribution in [0.4, 0.5) is 0 Å². The minimum absolute atomic E-state index is 0.0549. The van der Waals surface area contributed by atoms with E-state index in [1.807, 2.05) is 48.5 Å². The van der Waals surface area contributed by atoms with Crippen molar-refractivity contribution in [2.24, 2.45) is 0 Å². The van der Waals surface area contributed by atoms with Crippen LogP contribution in [0.2, 0.25) is 0 Å². The van der Waals surface area contributed by atoms with E-state index in [0.717, 1.165) is 14.7 Å². The Morgan fingerprint density at radius 3 is 2.65 bits per heavy atom. The predicted molar refractivity (Wildman–Crippen MR) is 87.5 cm³/mol. The fourth-order valence-electron chi connectivity index (χ4n) is 1.91. The molecule has 0 radical (unpaired) electrons. The first-order chi connectivity index (χ1) is 9.69. The molecule has 2 aromatic carbocycles. The molecule has 3 nitrogen and oxygen atoms in total. The smallest absolute Gasteiger partial charge is 0.251 e. The molecule has 1 amide bonds. The molecule has 2 rings (SSSR count). The second kappa shape index (κ2) is 7.40. The number of methoxy groups -OCH3 is 1. The second-order valence-corrected chi connectivity index (χ2v) is 5.69. The number of carbonyl (C=O) groups excluding carboxylic acids is 1. The summed E-state index contributed by atoms with van der Waals surface area (Å²) in [5.41, 5.74) is 2.86. The van der Waals surface area contributed by atoms with E-state index in [1.165, 1.54) is 0 Å². The summed E-state index contributed by atoms with van der Waals surface area (Å²) in [7, 11) is 1.67. The summed E-state index contributed by atoms with van der Waals surface area (Å²) in [5, 5.41) is 2.93. The summed E-state index contributed by atoms with van der Waals surface area (Å²) in [5.74, 6) is -0.0549. The minimum atomic E-state index is -0.0549. The van der Waals surface area contributed by atoms with Crippen LogP contribution < -0.4 is 5.32 Å². The fourth-order valence-corrected chi connectivity index (χ4v) is 2.45. The molecular weight excluding hydrogens is 365 g/mol. The van der Waals surface area contributed by atoms with Crippen molar-refractivity contribution < 1.29 is 9.53 Å². The van der Waals surface area contributed by atoms with Crippen LogP contribution in [0.5, 0.6) is 0 Å². The molecule has 0 aliphatic rings. The minimum Gasteiger partial charge on any atom is -0.380 e. The first kappa shape index (κ1) is 15.0. The Morgan fingerprint density at radius 2 is 1.90 bits per heavy atom. The molecule has 4 heteroatoms. The van der Waals surface area contributed by atoms with Crippen molar-refractivity contribution in [2.45, 2.75) is 13.2 Å². The Labute approximate surface area is 132 Å². The zero-order valence-electron chi connectivity index (χ0n) is 11.2. The second-order valence-electron chi connectivity index (χ2n) is 4.45. The van der Waals surface area contributed by atoms with Crippen molar-refractivity contribution >= 4 is 28.5 Å². The maximum atomic E-state index is 12.0. The summed E-state index contributed by atoms with van der Waals surface area (Å²) in [6.45, 7) is 1.10. The highest BCUT2D eigenvalue weighted by Crippen LogP contribution is 2.09. The number of hydrogen-bond acceptors (Lipinski definition) is 2. The molecular formula is C16H16INO2. The third kappa shape index (κ3) is 4.31. The molecule has 0 aliphatic heterocycles. The molecule has 0 fully saturated rings. The SMILES string of the molecule is COCc1cccc(CNC(=O)c2cccc(I)c2)c1. The largest absolute Gasteiger partial charge is 0.380 e. The summed E-state index contributed by atoms with van der Waals surface area (Å²) in [6, 6.07) is 15.6. The Hall–Kier alpha value is -1.40. The molecule has 0 bridgehead atoms. The zero-order valence-corrected chi connectivity index (χ0v) is 13.4. The maximum Gasteiger partial charge on any atom is 0.251 e. The van der Waals surface area contributed by atoms with Crippen LogP contribution in [0.1, 0.15) is 21.5 Å². The van der Waals surface area contributed by atoms with E-state index in [9.17, 15) is 4.79 Å². The number of carbonyl (C=O) groups is 1. The van der Waals surface area contributed by atoms with Gasteiger partial charge < -0.3 is 10.1 Å². The van der Waals surface area contributed by atoms with Crippen LogP contribution in [0.3, 0.4) is 0 Å². The first-order valence-corrected chi connectivity index (χ1v) is 7.37. The predicted octanol–water partition coefficient (Wildman–Crippen LogP) is 3.37. The van der Waals surface area contributed by atoms with Crippen LogP contribution in [-0.2, 0) is 17.9 Å². The number of halogens is 1. The van der Waals surface area contributed by atoms with Gasteiger partial charge in [0.15, 0.2) is 0 Å². The fraction of sp³-hybridized carbons (Fsp3) is 0.188. The van der Waals surface area contributed by atoms with Crippen LogP contribution in [-0.4, -0.2) is 13.0 Å². The van der Waals surface area contributed by atoms with Crippen LogP contribution in [0.25, 0.3) is 0 Å². The normalized spacial score (nSPS) is 10.3. The van der Waals surface area contributed by atoms with Gasteiger partial charge in [0.25, 0.3) is 5.91 Å². The molecule has 0 aromatic heterocycles. The zero-order chi connectivity index (χ0) is 14.4. The Bertz CT molecular complexity index is 599. The lowest BCUT2D eigenvalue weighted by Crippen LogP contribution is -2.22. The summed E-state index contributed by atoms with van der Waals surface area (Å²) >= 11 is 2.20. The molecule has 0 aliphatic carbocycles. The van der Waals surface area contributed by atoms with Crippen LogP contribution in [0.15, 0.2) is 48.5 Å². The van der Waals surface area contributed by atoms with Gasteiger partial charge in [-0.2, -0.15) is 0 Å². The van der Waals surface area contributed by atoms with Gasteiger partial charge in [-0.15, -0.1) is 0 Å². The van der Waals surface area contributed by atoms with E-state index >= 15 is 0 Å². The van der Waals surface area contributed by atoms with Gasteiger partial charge in [0.05, 0.1) is 6.61 Å². The highest BCUT2D eigenvalue weighted by molar-refractivity contribution is 14.1. The van der Waals surface area contributed by atoms with Crippen molar-refractivity contribution in [1.82, 2.24) is 5.32 Å². The standard InChI is InChI=1S/C16H16INO2/c1-20-11-13-5-2-4-12(8-13)10-18-16(19)14-6-3-7-15(17)9-14/h2-9H,10-11H2,1H3,(H,18,19). The van der Waals surface area contributed by atoms with Crippen molar-refractivity contribution in [1.29, 1.82) is 0 Å². The highest BCUT2D eigenvalue weighted by Gasteiger charge is 2.05.